The van der Waals surface area contributed by atoms with E-state index in [0.717, 1.165) is 0 Å². The van der Waals surface area contributed by atoms with Crippen LogP contribution in [0.15, 0.2) is 24.3 Å². The Morgan fingerprint density at radius 2 is 2.21 bits per heavy atom. The number of nitrogens with two attached hydrogens (primary N) is 1. The molecule has 0 radical (unpaired) electrons. The van der Waals surface area contributed by atoms with E-state index in [0.29, 0.717) is 11.3 Å². The van der Waals surface area contributed by atoms with E-state index < -0.39 is 5.97 Å². The molecule has 2 N–H and O–H groups in total. The van der Waals surface area contributed by atoms with Crippen molar-refractivity contribution in [3.8, 4) is 11.8 Å². The number of hydrogen-bond donors (Lipinski definition) is 1. The molecule has 1 aromatic rings. The first-order chi connectivity index (χ1) is 6.75. The van der Waals surface area contributed by atoms with E-state index in [-0.39, 0.29) is 6.61 Å². The molecule has 0 aliphatic carbocycles. The molecule has 0 atom stereocenters. The fourth-order valence-corrected chi connectivity index (χ4v) is 0.934. The number of benzene rings is 1. The summed E-state index contributed by atoms with van der Waals surface area (Å²) in [4.78, 5) is 11.4. The number of para-hydroxylation sites is 1. The second kappa shape index (κ2) is 4.93. The van der Waals surface area contributed by atoms with Gasteiger partial charge in [0.1, 0.15) is 0 Å². The summed E-state index contributed by atoms with van der Waals surface area (Å²) in [6.07, 6.45) is 0. The Morgan fingerprint density at radius 1 is 1.50 bits per heavy atom. The molecule has 3 heteroatoms. The van der Waals surface area contributed by atoms with Crippen LogP contribution in [-0.4, -0.2) is 12.6 Å². The van der Waals surface area contributed by atoms with E-state index in [1.54, 1.807) is 31.2 Å². The van der Waals surface area contributed by atoms with Gasteiger partial charge < -0.3 is 10.5 Å². The number of rotatable bonds is 2. The van der Waals surface area contributed by atoms with Gasteiger partial charge in [-0.3, -0.25) is 0 Å². The molecule has 0 spiro atoms. The highest BCUT2D eigenvalue weighted by molar-refractivity contribution is 5.95. The molecule has 1 rings (SSSR count). The third-order valence-corrected chi connectivity index (χ3v) is 1.63. The Bertz CT molecular complexity index is 388. The van der Waals surface area contributed by atoms with Gasteiger partial charge in [0, 0.05) is 5.69 Å². The van der Waals surface area contributed by atoms with E-state index in [9.17, 15) is 4.79 Å². The van der Waals surface area contributed by atoms with Gasteiger partial charge in [-0.2, -0.15) is 0 Å². The van der Waals surface area contributed by atoms with Crippen molar-refractivity contribution in [2.45, 2.75) is 6.92 Å². The minimum atomic E-state index is -0.439. The van der Waals surface area contributed by atoms with Crippen LogP contribution >= 0.6 is 0 Å². The van der Waals surface area contributed by atoms with Crippen LogP contribution in [0.25, 0.3) is 0 Å². The van der Waals surface area contributed by atoms with Crippen molar-refractivity contribution in [1.82, 2.24) is 0 Å². The van der Waals surface area contributed by atoms with Crippen molar-refractivity contribution in [2.75, 3.05) is 12.3 Å². The first-order valence-corrected chi connectivity index (χ1v) is 4.17. The normalized spacial score (nSPS) is 8.64. The minimum Gasteiger partial charge on any atom is -0.449 e. The first-order valence-electron chi connectivity index (χ1n) is 4.17. The average molecular weight is 189 g/mol. The average Bonchev–Trinajstić information content (AvgIpc) is 2.18. The highest BCUT2D eigenvalue weighted by Crippen LogP contribution is 2.11. The Balaban J connectivity index is 2.68. The van der Waals surface area contributed by atoms with Crippen molar-refractivity contribution in [1.29, 1.82) is 0 Å². The Morgan fingerprint density at radius 3 is 2.86 bits per heavy atom. The van der Waals surface area contributed by atoms with Gasteiger partial charge >= 0.3 is 5.97 Å². The number of carbonyl (C=O) groups is 1. The van der Waals surface area contributed by atoms with Gasteiger partial charge in [-0.25, -0.2) is 4.79 Å². The van der Waals surface area contributed by atoms with Gasteiger partial charge in [0.25, 0.3) is 0 Å². The molecule has 0 heterocycles. The second-order valence-electron chi connectivity index (χ2n) is 2.59. The molecule has 0 saturated heterocycles. The number of hydrogen-bond acceptors (Lipinski definition) is 3. The monoisotopic (exact) mass is 189 g/mol. The smallest absolute Gasteiger partial charge is 0.341 e. The molecule has 0 aliphatic rings. The zero-order chi connectivity index (χ0) is 10.4. The lowest BCUT2D eigenvalue weighted by Crippen LogP contribution is -2.08. The van der Waals surface area contributed by atoms with Gasteiger partial charge in [-0.1, -0.05) is 18.1 Å². The van der Waals surface area contributed by atoms with Gasteiger partial charge in [-0.05, 0) is 19.1 Å². The fourth-order valence-electron chi connectivity index (χ4n) is 0.934. The number of carbonyl (C=O) groups excluding carboxylic acids is 1. The molecule has 14 heavy (non-hydrogen) atoms. The Kier molecular flexibility index (Phi) is 3.57. The van der Waals surface area contributed by atoms with E-state index >= 15 is 0 Å². The number of anilines is 1. The summed E-state index contributed by atoms with van der Waals surface area (Å²) in [6.45, 7) is 1.79. The lowest BCUT2D eigenvalue weighted by molar-refractivity contribution is 0.0558. The van der Waals surface area contributed by atoms with Crippen molar-refractivity contribution in [2.24, 2.45) is 0 Å². The van der Waals surface area contributed by atoms with Crippen molar-refractivity contribution in [3.63, 3.8) is 0 Å². The maximum atomic E-state index is 11.4. The quantitative estimate of drug-likeness (QED) is 0.435. The van der Waals surface area contributed by atoms with Crippen LogP contribution in [0, 0.1) is 11.8 Å². The number of esters is 1. The lowest BCUT2D eigenvalue weighted by Gasteiger charge is -2.03. The maximum absolute atomic E-state index is 11.4. The van der Waals surface area contributed by atoms with E-state index in [2.05, 4.69) is 11.8 Å². The van der Waals surface area contributed by atoms with Crippen LogP contribution in [0.5, 0.6) is 0 Å². The summed E-state index contributed by atoms with van der Waals surface area (Å²) >= 11 is 0. The van der Waals surface area contributed by atoms with Crippen LogP contribution < -0.4 is 5.73 Å². The predicted octanol–water partition coefficient (Wildman–Crippen LogP) is 1.45. The predicted molar refractivity (Wildman–Crippen MR) is 54.6 cm³/mol. The van der Waals surface area contributed by atoms with Crippen LogP contribution in [0.1, 0.15) is 17.3 Å². The molecule has 0 unspecified atom stereocenters. The molecule has 0 aliphatic heterocycles. The summed E-state index contributed by atoms with van der Waals surface area (Å²) < 4.78 is 4.86. The summed E-state index contributed by atoms with van der Waals surface area (Å²) in [6, 6.07) is 6.77. The lowest BCUT2D eigenvalue weighted by atomic mass is 10.2. The van der Waals surface area contributed by atoms with Crippen LogP contribution in [0.2, 0.25) is 0 Å². The molecule has 1 aromatic carbocycles. The molecule has 0 saturated carbocycles. The summed E-state index contributed by atoms with van der Waals surface area (Å²) in [5.74, 6) is 4.83. The third-order valence-electron chi connectivity index (χ3n) is 1.63. The zero-order valence-corrected chi connectivity index (χ0v) is 7.91. The number of nitrogen functional groups attached to an aromatic ring is 1. The van der Waals surface area contributed by atoms with Crippen LogP contribution in [0.4, 0.5) is 5.69 Å². The molecule has 0 fully saturated rings. The first kappa shape index (κ1) is 10.1. The van der Waals surface area contributed by atoms with Crippen molar-refractivity contribution < 1.29 is 9.53 Å². The summed E-state index contributed by atoms with van der Waals surface area (Å²) in [5.41, 5.74) is 6.39. The Labute approximate surface area is 82.9 Å². The molecular formula is C11H11NO2. The third kappa shape index (κ3) is 2.53. The van der Waals surface area contributed by atoms with Gasteiger partial charge in [0.05, 0.1) is 5.56 Å². The topological polar surface area (TPSA) is 52.3 Å². The van der Waals surface area contributed by atoms with E-state index in [4.69, 9.17) is 10.5 Å². The Hall–Kier alpha value is -1.95. The van der Waals surface area contributed by atoms with Crippen LogP contribution in [-0.2, 0) is 4.74 Å². The SMILES string of the molecule is CC#CCOC(=O)c1ccccc1N. The minimum absolute atomic E-state index is 0.101. The number of ether oxygens (including phenoxy) is 1. The van der Waals surface area contributed by atoms with E-state index in [1.807, 2.05) is 0 Å². The molecule has 3 nitrogen and oxygen atoms in total. The molecule has 0 aromatic heterocycles. The highest BCUT2D eigenvalue weighted by Gasteiger charge is 2.08. The fraction of sp³-hybridized carbons (Fsp3) is 0.182. The van der Waals surface area contributed by atoms with E-state index in [1.165, 1.54) is 0 Å². The summed E-state index contributed by atoms with van der Waals surface area (Å²) in [7, 11) is 0. The van der Waals surface area contributed by atoms with Crippen LogP contribution in [0.3, 0.4) is 0 Å². The molecular weight excluding hydrogens is 178 g/mol. The maximum Gasteiger partial charge on any atom is 0.341 e. The molecule has 0 bridgehead atoms. The standard InChI is InChI=1S/C11H11NO2/c1-2-3-8-14-11(13)9-6-4-5-7-10(9)12/h4-7H,8,12H2,1H3. The van der Waals surface area contributed by atoms with Gasteiger partial charge in [-0.15, -0.1) is 5.92 Å². The van der Waals surface area contributed by atoms with Crippen molar-refractivity contribution >= 4 is 11.7 Å². The highest BCUT2D eigenvalue weighted by atomic mass is 16.5. The zero-order valence-electron chi connectivity index (χ0n) is 7.91. The largest absolute Gasteiger partial charge is 0.449 e. The van der Waals surface area contributed by atoms with Gasteiger partial charge in [0.2, 0.25) is 0 Å². The summed E-state index contributed by atoms with van der Waals surface area (Å²) in [5, 5.41) is 0. The second-order valence-corrected chi connectivity index (χ2v) is 2.59. The molecule has 0 amide bonds. The van der Waals surface area contributed by atoms with Gasteiger partial charge in [0.15, 0.2) is 6.61 Å². The molecule has 72 valence electrons. The van der Waals surface area contributed by atoms with Crippen molar-refractivity contribution in [3.05, 3.63) is 29.8 Å².